The van der Waals surface area contributed by atoms with E-state index in [2.05, 4.69) is 4.99 Å². The lowest BCUT2D eigenvalue weighted by atomic mass is 10.1. The van der Waals surface area contributed by atoms with E-state index in [1.54, 1.807) is 0 Å². The second kappa shape index (κ2) is 6.04. The second-order valence-electron chi connectivity index (χ2n) is 6.53. The third kappa shape index (κ3) is 3.21. The minimum absolute atomic E-state index is 0.0526. The van der Waals surface area contributed by atoms with Crippen LogP contribution in [0, 0.1) is 5.92 Å². The molecule has 2 aliphatic heterocycles. The summed E-state index contributed by atoms with van der Waals surface area (Å²) in [6.45, 7) is 0.472. The van der Waals surface area contributed by atoms with Crippen LogP contribution in [0.3, 0.4) is 0 Å². The molecule has 24 heavy (non-hydrogen) atoms. The van der Waals surface area contributed by atoms with Crippen molar-refractivity contribution >= 4 is 44.3 Å². The average Bonchev–Trinajstić information content (AvgIpc) is 3.26. The molecule has 1 aromatic carbocycles. The molecule has 0 N–H and O–H groups in total. The SMILES string of the molecule is O=C(N=C1SC2CS(=O)(=O)CC2N1Cc1ccccc1Cl)C1CC1. The van der Waals surface area contributed by atoms with Crippen LogP contribution in [0.2, 0.25) is 5.02 Å². The Morgan fingerprint density at radius 2 is 2.04 bits per heavy atom. The van der Waals surface area contributed by atoms with Crippen LogP contribution >= 0.6 is 23.4 Å². The highest BCUT2D eigenvalue weighted by Crippen LogP contribution is 2.40. The number of sulfone groups is 1. The lowest BCUT2D eigenvalue weighted by molar-refractivity contribution is -0.118. The zero-order valence-electron chi connectivity index (χ0n) is 12.9. The number of fused-ring (bicyclic) bond motifs is 1. The molecular weight excluding hydrogens is 368 g/mol. The number of amidine groups is 1. The van der Waals surface area contributed by atoms with Crippen molar-refractivity contribution in [3.05, 3.63) is 34.9 Å². The van der Waals surface area contributed by atoms with Crippen LogP contribution in [0.1, 0.15) is 18.4 Å². The minimum Gasteiger partial charge on any atom is -0.342 e. The Hall–Kier alpha value is -1.05. The van der Waals surface area contributed by atoms with E-state index >= 15 is 0 Å². The maximum absolute atomic E-state index is 12.1. The molecule has 4 rings (SSSR count). The number of carbonyl (C=O) groups is 1. The molecule has 2 heterocycles. The maximum Gasteiger partial charge on any atom is 0.251 e. The summed E-state index contributed by atoms with van der Waals surface area (Å²) in [5.74, 6) is 0.248. The average molecular weight is 385 g/mol. The number of rotatable bonds is 3. The number of thioether (sulfide) groups is 1. The molecule has 1 saturated carbocycles. The van der Waals surface area contributed by atoms with Crippen LogP contribution in [0.15, 0.2) is 29.3 Å². The van der Waals surface area contributed by atoms with Crippen molar-refractivity contribution in [2.75, 3.05) is 11.5 Å². The normalized spacial score (nSPS) is 29.9. The van der Waals surface area contributed by atoms with Gasteiger partial charge in [0.25, 0.3) is 5.91 Å². The highest BCUT2D eigenvalue weighted by Gasteiger charge is 2.49. The maximum atomic E-state index is 12.1. The topological polar surface area (TPSA) is 66.8 Å². The first kappa shape index (κ1) is 16.4. The molecule has 3 aliphatic rings. The first-order valence-corrected chi connectivity index (χ1v) is 11.0. The molecular formula is C16H17ClN2O3S2. The Kier molecular flexibility index (Phi) is 4.13. The molecule has 1 aromatic rings. The molecule has 2 saturated heterocycles. The van der Waals surface area contributed by atoms with Crippen LogP contribution in [0.5, 0.6) is 0 Å². The predicted molar refractivity (Wildman–Crippen MR) is 96.0 cm³/mol. The van der Waals surface area contributed by atoms with E-state index in [1.807, 2.05) is 29.2 Å². The summed E-state index contributed by atoms with van der Waals surface area (Å²) in [6.07, 6.45) is 1.82. The van der Waals surface area contributed by atoms with Gasteiger partial charge in [-0.2, -0.15) is 4.99 Å². The van der Waals surface area contributed by atoms with Gasteiger partial charge in [0.15, 0.2) is 15.0 Å². The van der Waals surface area contributed by atoms with Gasteiger partial charge in [0, 0.05) is 22.7 Å². The summed E-state index contributed by atoms with van der Waals surface area (Å²) in [4.78, 5) is 18.4. The lowest BCUT2D eigenvalue weighted by Gasteiger charge is -2.24. The number of halogens is 1. The number of hydrogen-bond acceptors (Lipinski definition) is 4. The zero-order valence-corrected chi connectivity index (χ0v) is 15.3. The van der Waals surface area contributed by atoms with Gasteiger partial charge >= 0.3 is 0 Å². The number of hydrogen-bond donors (Lipinski definition) is 0. The molecule has 0 bridgehead atoms. The van der Waals surface area contributed by atoms with Crippen LogP contribution in [0.25, 0.3) is 0 Å². The Morgan fingerprint density at radius 1 is 1.29 bits per heavy atom. The Balaban J connectivity index is 1.64. The van der Waals surface area contributed by atoms with Gasteiger partial charge in [-0.3, -0.25) is 4.79 Å². The largest absolute Gasteiger partial charge is 0.342 e. The summed E-state index contributed by atoms with van der Waals surface area (Å²) < 4.78 is 24.0. The number of nitrogens with zero attached hydrogens (tertiary/aromatic N) is 2. The number of benzene rings is 1. The fraction of sp³-hybridized carbons (Fsp3) is 0.500. The van der Waals surface area contributed by atoms with Gasteiger partial charge in [-0.15, -0.1) is 0 Å². The third-order valence-electron chi connectivity index (χ3n) is 4.61. The fourth-order valence-electron chi connectivity index (χ4n) is 3.15. The highest BCUT2D eigenvalue weighted by atomic mass is 35.5. The standard InChI is InChI=1S/C16H17ClN2O3S2/c17-12-4-2-1-3-11(12)7-19-13-8-24(21,22)9-14(13)23-16(19)18-15(20)10-5-6-10/h1-4,10,13-14H,5-9H2. The molecule has 1 amide bonds. The molecule has 2 atom stereocenters. The minimum atomic E-state index is -3.03. The molecule has 0 spiro atoms. The van der Waals surface area contributed by atoms with Crippen molar-refractivity contribution in [3.8, 4) is 0 Å². The van der Waals surface area contributed by atoms with Gasteiger partial charge in [-0.25, -0.2) is 8.42 Å². The molecule has 2 unspecified atom stereocenters. The quantitative estimate of drug-likeness (QED) is 0.800. The number of carbonyl (C=O) groups excluding carboxylic acids is 1. The molecule has 3 fully saturated rings. The molecule has 0 radical (unpaired) electrons. The molecule has 128 valence electrons. The third-order valence-corrected chi connectivity index (χ3v) is 8.22. The molecule has 5 nitrogen and oxygen atoms in total. The summed E-state index contributed by atoms with van der Waals surface area (Å²) in [6, 6.07) is 7.36. The highest BCUT2D eigenvalue weighted by molar-refractivity contribution is 8.15. The van der Waals surface area contributed by atoms with Crippen LogP contribution < -0.4 is 0 Å². The van der Waals surface area contributed by atoms with Crippen LogP contribution in [-0.4, -0.2) is 47.2 Å². The molecule has 1 aliphatic carbocycles. The van der Waals surface area contributed by atoms with Gasteiger partial charge in [0.2, 0.25) is 0 Å². The van der Waals surface area contributed by atoms with Gasteiger partial charge in [0.1, 0.15) is 0 Å². The van der Waals surface area contributed by atoms with E-state index in [9.17, 15) is 13.2 Å². The van der Waals surface area contributed by atoms with Crippen LogP contribution in [0.4, 0.5) is 0 Å². The van der Waals surface area contributed by atoms with Crippen molar-refractivity contribution in [3.63, 3.8) is 0 Å². The van der Waals surface area contributed by atoms with Crippen molar-refractivity contribution < 1.29 is 13.2 Å². The summed E-state index contributed by atoms with van der Waals surface area (Å²) in [7, 11) is -3.03. The van der Waals surface area contributed by atoms with E-state index in [-0.39, 0.29) is 34.6 Å². The fourth-order valence-corrected chi connectivity index (χ4v) is 7.30. The van der Waals surface area contributed by atoms with Gasteiger partial charge < -0.3 is 4.90 Å². The van der Waals surface area contributed by atoms with Gasteiger partial charge in [-0.1, -0.05) is 41.6 Å². The molecule has 8 heteroatoms. The smallest absolute Gasteiger partial charge is 0.251 e. The number of aliphatic imine (C=N–C) groups is 1. The van der Waals surface area contributed by atoms with E-state index in [0.717, 1.165) is 18.4 Å². The first-order chi connectivity index (χ1) is 11.4. The predicted octanol–water partition coefficient (Wildman–Crippen LogP) is 2.35. The summed E-state index contributed by atoms with van der Waals surface area (Å²) in [5, 5.41) is 1.24. The monoisotopic (exact) mass is 384 g/mol. The van der Waals surface area contributed by atoms with Gasteiger partial charge in [-0.05, 0) is 24.5 Å². The van der Waals surface area contributed by atoms with Crippen molar-refractivity contribution in [1.29, 1.82) is 0 Å². The zero-order chi connectivity index (χ0) is 16.9. The Morgan fingerprint density at radius 3 is 2.75 bits per heavy atom. The Labute approximate surface area is 150 Å². The Bertz CT molecular complexity index is 820. The summed E-state index contributed by atoms with van der Waals surface area (Å²) >= 11 is 7.68. The van der Waals surface area contributed by atoms with Gasteiger partial charge in [0.05, 0.1) is 17.5 Å². The van der Waals surface area contributed by atoms with E-state index in [0.29, 0.717) is 16.7 Å². The van der Waals surface area contributed by atoms with Crippen molar-refractivity contribution in [1.82, 2.24) is 4.90 Å². The van der Waals surface area contributed by atoms with E-state index in [1.165, 1.54) is 11.8 Å². The number of amides is 1. The molecule has 0 aromatic heterocycles. The van der Waals surface area contributed by atoms with Crippen LogP contribution in [-0.2, 0) is 21.2 Å². The second-order valence-corrected chi connectivity index (χ2v) is 10.3. The van der Waals surface area contributed by atoms with Crippen molar-refractivity contribution in [2.45, 2.75) is 30.7 Å². The summed E-state index contributed by atoms with van der Waals surface area (Å²) in [5.41, 5.74) is 0.913. The van der Waals surface area contributed by atoms with E-state index in [4.69, 9.17) is 11.6 Å². The van der Waals surface area contributed by atoms with Crippen molar-refractivity contribution in [2.24, 2.45) is 10.9 Å². The first-order valence-electron chi connectivity index (χ1n) is 7.92. The lowest BCUT2D eigenvalue weighted by Crippen LogP contribution is -2.37. The van der Waals surface area contributed by atoms with E-state index < -0.39 is 9.84 Å².